The van der Waals surface area contributed by atoms with E-state index in [2.05, 4.69) is 15.1 Å². The second-order valence-corrected chi connectivity index (χ2v) is 5.85. The molecule has 0 saturated carbocycles. The minimum absolute atomic E-state index is 0.0602. The highest BCUT2D eigenvalue weighted by Crippen LogP contribution is 2.37. The highest BCUT2D eigenvalue weighted by molar-refractivity contribution is 5.72. The number of nitrogens with zero attached hydrogens (tertiary/aromatic N) is 5. The predicted molar refractivity (Wildman–Crippen MR) is 88.7 cm³/mol. The summed E-state index contributed by atoms with van der Waals surface area (Å²) in [5, 5.41) is 4.23. The lowest BCUT2D eigenvalue weighted by molar-refractivity contribution is -0.137. The monoisotopic (exact) mass is 364 g/mol. The molecule has 0 amide bonds. The normalized spacial score (nSPS) is 15.6. The molecule has 0 unspecified atom stereocenters. The van der Waals surface area contributed by atoms with Crippen LogP contribution in [-0.2, 0) is 10.9 Å². The van der Waals surface area contributed by atoms with Gasteiger partial charge in [-0.25, -0.2) is 14.5 Å². The van der Waals surface area contributed by atoms with Gasteiger partial charge in [0.2, 0.25) is 0 Å². The molecule has 0 atom stereocenters. The number of hydrogen-bond donors (Lipinski definition) is 1. The van der Waals surface area contributed by atoms with Crippen molar-refractivity contribution in [2.75, 3.05) is 36.9 Å². The number of nitrogens with two attached hydrogens (primary N) is 1. The van der Waals surface area contributed by atoms with Crippen LogP contribution in [0.15, 0.2) is 30.6 Å². The van der Waals surface area contributed by atoms with E-state index in [0.29, 0.717) is 37.6 Å². The van der Waals surface area contributed by atoms with Crippen molar-refractivity contribution in [3.63, 3.8) is 0 Å². The maximum atomic E-state index is 13.5. The summed E-state index contributed by atoms with van der Waals surface area (Å²) in [4.78, 5) is 10.2. The zero-order chi connectivity index (χ0) is 18.3. The summed E-state index contributed by atoms with van der Waals surface area (Å²) >= 11 is 0. The van der Waals surface area contributed by atoms with Gasteiger partial charge >= 0.3 is 6.18 Å². The molecule has 4 heterocycles. The lowest BCUT2D eigenvalue weighted by Gasteiger charge is -2.28. The molecule has 10 heteroatoms. The summed E-state index contributed by atoms with van der Waals surface area (Å²) in [6.45, 7) is 2.26. The lowest BCUT2D eigenvalue weighted by atomic mass is 10.1. The molecule has 0 radical (unpaired) electrons. The summed E-state index contributed by atoms with van der Waals surface area (Å²) in [6, 6.07) is 4.39. The van der Waals surface area contributed by atoms with Crippen LogP contribution < -0.4 is 10.6 Å². The fourth-order valence-electron chi connectivity index (χ4n) is 2.92. The van der Waals surface area contributed by atoms with Gasteiger partial charge < -0.3 is 15.4 Å². The third-order valence-corrected chi connectivity index (χ3v) is 4.15. The lowest BCUT2D eigenvalue weighted by Crippen LogP contribution is -2.37. The summed E-state index contributed by atoms with van der Waals surface area (Å²) in [5.41, 5.74) is 5.04. The first-order valence-electron chi connectivity index (χ1n) is 7.94. The van der Waals surface area contributed by atoms with Gasteiger partial charge in [-0.05, 0) is 18.2 Å². The minimum atomic E-state index is -4.60. The number of aromatic nitrogens is 4. The summed E-state index contributed by atoms with van der Waals surface area (Å²) in [5.74, 6) is 0.291. The van der Waals surface area contributed by atoms with E-state index in [-0.39, 0.29) is 17.2 Å². The number of rotatable bonds is 2. The Hall–Kier alpha value is -2.88. The summed E-state index contributed by atoms with van der Waals surface area (Å²) < 4.78 is 47.2. The highest BCUT2D eigenvalue weighted by atomic mass is 19.4. The van der Waals surface area contributed by atoms with Crippen LogP contribution >= 0.6 is 0 Å². The number of halogens is 3. The van der Waals surface area contributed by atoms with Gasteiger partial charge in [-0.1, -0.05) is 0 Å². The van der Waals surface area contributed by atoms with E-state index in [1.165, 1.54) is 4.52 Å². The molecule has 0 spiro atoms. The highest BCUT2D eigenvalue weighted by Gasteiger charge is 2.35. The largest absolute Gasteiger partial charge is 0.417 e. The average Bonchev–Trinajstić information content (AvgIpc) is 3.09. The average molecular weight is 364 g/mol. The van der Waals surface area contributed by atoms with E-state index < -0.39 is 11.7 Å². The number of pyridine rings is 1. The van der Waals surface area contributed by atoms with Gasteiger partial charge in [-0.2, -0.15) is 13.2 Å². The van der Waals surface area contributed by atoms with E-state index in [1.807, 2.05) is 11.0 Å². The molecule has 26 heavy (non-hydrogen) atoms. The molecule has 0 aliphatic carbocycles. The Labute approximate surface area is 146 Å². The second kappa shape index (κ2) is 6.13. The molecular weight excluding hydrogens is 349 g/mol. The Morgan fingerprint density at radius 1 is 1.19 bits per heavy atom. The van der Waals surface area contributed by atoms with Gasteiger partial charge in [-0.3, -0.25) is 0 Å². The molecule has 1 saturated heterocycles. The number of hydrogen-bond acceptors (Lipinski definition) is 6. The quantitative estimate of drug-likeness (QED) is 0.751. The molecule has 136 valence electrons. The van der Waals surface area contributed by atoms with Crippen LogP contribution in [0, 0.1) is 0 Å². The van der Waals surface area contributed by atoms with Gasteiger partial charge in [0.25, 0.3) is 0 Å². The van der Waals surface area contributed by atoms with Gasteiger partial charge in [0.1, 0.15) is 11.3 Å². The van der Waals surface area contributed by atoms with Crippen molar-refractivity contribution >= 4 is 17.2 Å². The number of fused-ring (bicyclic) bond motifs is 1. The second-order valence-electron chi connectivity index (χ2n) is 5.85. The Bertz CT molecular complexity index is 949. The van der Waals surface area contributed by atoms with Crippen LogP contribution in [0.2, 0.25) is 0 Å². The van der Waals surface area contributed by atoms with Crippen molar-refractivity contribution in [3.8, 4) is 11.4 Å². The smallest absolute Gasteiger partial charge is 0.384 e. The van der Waals surface area contributed by atoms with E-state index in [4.69, 9.17) is 10.5 Å². The van der Waals surface area contributed by atoms with E-state index >= 15 is 0 Å². The van der Waals surface area contributed by atoms with Crippen LogP contribution in [0.4, 0.5) is 24.8 Å². The molecule has 2 N–H and O–H groups in total. The Balaban J connectivity index is 1.90. The predicted octanol–water partition coefficient (Wildman–Crippen LogP) is 2.23. The number of alkyl halides is 3. The number of morpholine rings is 1. The Morgan fingerprint density at radius 2 is 1.96 bits per heavy atom. The maximum Gasteiger partial charge on any atom is 0.417 e. The van der Waals surface area contributed by atoms with Crippen LogP contribution in [0.3, 0.4) is 0 Å². The number of ether oxygens (including phenoxy) is 1. The Kier molecular flexibility index (Phi) is 3.91. The molecule has 1 aliphatic heterocycles. The first kappa shape index (κ1) is 16.6. The standard InChI is InChI=1S/C16H15F3N6O/c17-16(18,19)11-8-13(20)21-9-10(11)14-22-15(24-4-6-26-7-5-24)12-2-1-3-25(12)23-14/h1-3,8-9H,4-7H2,(H2,20,21). The van der Waals surface area contributed by atoms with E-state index in [9.17, 15) is 13.2 Å². The molecule has 7 nitrogen and oxygen atoms in total. The topological polar surface area (TPSA) is 81.6 Å². The minimum Gasteiger partial charge on any atom is -0.384 e. The molecule has 3 aromatic rings. The fraction of sp³-hybridized carbons (Fsp3) is 0.312. The number of nitrogen functional groups attached to an aromatic ring is 1. The fourth-order valence-corrected chi connectivity index (χ4v) is 2.92. The zero-order valence-corrected chi connectivity index (χ0v) is 13.6. The van der Waals surface area contributed by atoms with Gasteiger partial charge in [0.05, 0.1) is 24.3 Å². The van der Waals surface area contributed by atoms with Crippen molar-refractivity contribution in [2.24, 2.45) is 0 Å². The van der Waals surface area contributed by atoms with Crippen molar-refractivity contribution < 1.29 is 17.9 Å². The third kappa shape index (κ3) is 2.92. The molecule has 1 fully saturated rings. The van der Waals surface area contributed by atoms with Crippen molar-refractivity contribution in [1.82, 2.24) is 19.6 Å². The van der Waals surface area contributed by atoms with Crippen LogP contribution in [0.1, 0.15) is 5.56 Å². The Morgan fingerprint density at radius 3 is 2.69 bits per heavy atom. The SMILES string of the molecule is Nc1cc(C(F)(F)F)c(-c2nc(N3CCOCC3)c3cccn3n2)cn1. The molecule has 1 aliphatic rings. The van der Waals surface area contributed by atoms with Gasteiger partial charge in [0.15, 0.2) is 11.6 Å². The summed E-state index contributed by atoms with van der Waals surface area (Å²) in [6.07, 6.45) is -1.87. The van der Waals surface area contributed by atoms with Gasteiger partial charge in [-0.15, -0.1) is 5.10 Å². The van der Waals surface area contributed by atoms with Crippen molar-refractivity contribution in [2.45, 2.75) is 6.18 Å². The molecule has 3 aromatic heterocycles. The van der Waals surface area contributed by atoms with Crippen LogP contribution in [0.25, 0.3) is 16.9 Å². The van der Waals surface area contributed by atoms with Gasteiger partial charge in [0, 0.05) is 25.5 Å². The zero-order valence-electron chi connectivity index (χ0n) is 13.6. The summed E-state index contributed by atoms with van der Waals surface area (Å²) in [7, 11) is 0. The van der Waals surface area contributed by atoms with E-state index in [0.717, 1.165) is 12.3 Å². The first-order chi connectivity index (χ1) is 12.4. The van der Waals surface area contributed by atoms with Crippen molar-refractivity contribution in [3.05, 3.63) is 36.2 Å². The van der Waals surface area contributed by atoms with Crippen LogP contribution in [0.5, 0.6) is 0 Å². The van der Waals surface area contributed by atoms with Crippen LogP contribution in [-0.4, -0.2) is 45.9 Å². The molecular formula is C16H15F3N6O. The maximum absolute atomic E-state index is 13.5. The number of anilines is 2. The first-order valence-corrected chi connectivity index (χ1v) is 7.94. The van der Waals surface area contributed by atoms with Crippen molar-refractivity contribution in [1.29, 1.82) is 0 Å². The third-order valence-electron chi connectivity index (χ3n) is 4.15. The van der Waals surface area contributed by atoms with E-state index in [1.54, 1.807) is 12.3 Å². The molecule has 4 rings (SSSR count). The molecule has 0 bridgehead atoms. The molecule has 0 aromatic carbocycles.